The van der Waals surface area contributed by atoms with Gasteiger partial charge in [0.15, 0.2) is 12.4 Å². The van der Waals surface area contributed by atoms with Gasteiger partial charge >= 0.3 is 11.9 Å². The summed E-state index contributed by atoms with van der Waals surface area (Å²) >= 11 is 0. The summed E-state index contributed by atoms with van der Waals surface area (Å²) in [6.07, 6.45) is 60.3. The normalized spacial score (nSPS) is 12.7. The van der Waals surface area contributed by atoms with Crippen LogP contribution in [0.25, 0.3) is 0 Å². The number of esters is 2. The van der Waals surface area contributed by atoms with E-state index in [-0.39, 0.29) is 32.2 Å². The minimum absolute atomic E-state index is 0.152. The molecule has 0 amide bonds. The van der Waals surface area contributed by atoms with Crippen molar-refractivity contribution in [2.45, 2.75) is 322 Å². The molecule has 0 aromatic carbocycles. The van der Waals surface area contributed by atoms with Gasteiger partial charge in [0.1, 0.15) is 13.2 Å². The first-order chi connectivity index (χ1) is 34.6. The van der Waals surface area contributed by atoms with Gasteiger partial charge in [-0.1, -0.05) is 270 Å². The summed E-state index contributed by atoms with van der Waals surface area (Å²) in [6, 6.07) is 0. The molecule has 0 aliphatic rings. The Balaban J connectivity index is 3.86. The maximum Gasteiger partial charge on any atom is 0.306 e. The lowest BCUT2D eigenvalue weighted by atomic mass is 10.0. The number of hydrogen-bond acceptors (Lipinski definition) is 8. The summed E-state index contributed by atoms with van der Waals surface area (Å²) in [6.45, 7) is 4.76. The SMILES string of the molecule is CCCCCCCCCC/C=C\CCCCCCCCCCCCCCCCCCCCCCCCCCCC(=O)OC(COC(=O)CCCCCCCCCCC)COC(OCC[N+](C)(C)C)C(=O)[O-]. The van der Waals surface area contributed by atoms with E-state index in [2.05, 4.69) is 26.0 Å². The number of rotatable bonds is 58. The van der Waals surface area contributed by atoms with Crippen LogP contribution in [0.2, 0.25) is 0 Å². The summed E-state index contributed by atoms with van der Waals surface area (Å²) in [5.74, 6) is -2.26. The predicted molar refractivity (Wildman–Crippen MR) is 297 cm³/mol. The van der Waals surface area contributed by atoms with E-state index in [9.17, 15) is 19.5 Å². The van der Waals surface area contributed by atoms with E-state index in [0.717, 1.165) is 38.5 Å². The van der Waals surface area contributed by atoms with Crippen LogP contribution in [0, 0.1) is 0 Å². The zero-order chi connectivity index (χ0) is 52.0. The Morgan fingerprint density at radius 2 is 0.718 bits per heavy atom. The van der Waals surface area contributed by atoms with E-state index in [1.54, 1.807) is 0 Å². The first-order valence-electron chi connectivity index (χ1n) is 30.8. The second kappa shape index (κ2) is 54.3. The molecule has 0 aliphatic carbocycles. The Hall–Kier alpha value is -1.97. The Morgan fingerprint density at radius 3 is 1.04 bits per heavy atom. The maximum absolute atomic E-state index is 12.8. The quantitative estimate of drug-likeness (QED) is 0.0195. The van der Waals surface area contributed by atoms with Crippen LogP contribution in [0.1, 0.15) is 309 Å². The molecule has 0 radical (unpaired) electrons. The smallest absolute Gasteiger partial charge is 0.306 e. The highest BCUT2D eigenvalue weighted by molar-refractivity contribution is 5.70. The number of aliphatic carboxylic acids is 1. The van der Waals surface area contributed by atoms with Crippen LogP contribution >= 0.6 is 0 Å². The van der Waals surface area contributed by atoms with Gasteiger partial charge in [0.05, 0.1) is 40.3 Å². The molecule has 420 valence electrons. The highest BCUT2D eigenvalue weighted by atomic mass is 16.7. The van der Waals surface area contributed by atoms with E-state index >= 15 is 0 Å². The molecule has 2 atom stereocenters. The van der Waals surface area contributed by atoms with Crippen molar-refractivity contribution in [2.24, 2.45) is 0 Å². The minimum Gasteiger partial charge on any atom is -0.545 e. The summed E-state index contributed by atoms with van der Waals surface area (Å²) in [7, 11) is 5.93. The Bertz CT molecular complexity index is 1170. The topological polar surface area (TPSA) is 111 Å². The monoisotopic (exact) mass is 1010 g/mol. The molecule has 0 aliphatic heterocycles. The van der Waals surface area contributed by atoms with Crippen molar-refractivity contribution >= 4 is 17.9 Å². The Labute approximate surface area is 440 Å². The summed E-state index contributed by atoms with van der Waals surface area (Å²) in [5, 5.41) is 11.7. The highest BCUT2D eigenvalue weighted by Crippen LogP contribution is 2.18. The fraction of sp³-hybridized carbons (Fsp3) is 0.919. The van der Waals surface area contributed by atoms with Gasteiger partial charge in [0.25, 0.3) is 0 Å². The van der Waals surface area contributed by atoms with E-state index in [1.807, 2.05) is 21.1 Å². The molecule has 0 fully saturated rings. The van der Waals surface area contributed by atoms with Crippen molar-refractivity contribution in [3.8, 4) is 0 Å². The number of ether oxygens (including phenoxy) is 4. The third-order valence-corrected chi connectivity index (χ3v) is 14.0. The van der Waals surface area contributed by atoms with Crippen molar-refractivity contribution in [2.75, 3.05) is 47.5 Å². The van der Waals surface area contributed by atoms with Crippen LogP contribution < -0.4 is 5.11 Å². The Morgan fingerprint density at radius 1 is 0.408 bits per heavy atom. The Kier molecular flexibility index (Phi) is 52.8. The molecular formula is C62H119NO8. The highest BCUT2D eigenvalue weighted by Gasteiger charge is 2.22. The zero-order valence-electron chi connectivity index (χ0n) is 47.9. The maximum atomic E-state index is 12.8. The van der Waals surface area contributed by atoms with Crippen LogP contribution in [0.5, 0.6) is 0 Å². The van der Waals surface area contributed by atoms with Gasteiger partial charge < -0.3 is 33.3 Å². The second-order valence-corrected chi connectivity index (χ2v) is 22.4. The molecular weight excluding hydrogens is 887 g/mol. The number of allylic oxidation sites excluding steroid dienone is 2. The predicted octanol–water partition coefficient (Wildman–Crippen LogP) is 16.8. The summed E-state index contributed by atoms with van der Waals surface area (Å²) in [5.41, 5.74) is 0. The van der Waals surface area contributed by atoms with Crippen LogP contribution in [-0.2, 0) is 33.3 Å². The molecule has 0 aromatic heterocycles. The number of nitrogens with zero attached hydrogens (tertiary/aromatic N) is 1. The largest absolute Gasteiger partial charge is 0.545 e. The third-order valence-electron chi connectivity index (χ3n) is 14.0. The zero-order valence-corrected chi connectivity index (χ0v) is 47.9. The van der Waals surface area contributed by atoms with Crippen molar-refractivity contribution in [1.82, 2.24) is 0 Å². The van der Waals surface area contributed by atoms with Crippen LogP contribution in [0.3, 0.4) is 0 Å². The standard InChI is InChI=1S/C62H119NO8/c1-6-8-10-12-14-16-17-18-19-20-21-22-23-24-25-26-27-28-29-30-31-32-33-34-35-36-37-38-39-40-41-42-43-45-47-49-51-53-60(65)71-58(57-70-62(61(66)67)68-55-54-63(3,4)5)56-69-59(64)52-50-48-46-44-15-13-11-9-7-2/h20-21,58,62H,6-19,22-57H2,1-5H3/b21-20-. The van der Waals surface area contributed by atoms with Gasteiger partial charge in [-0.25, -0.2) is 0 Å². The van der Waals surface area contributed by atoms with E-state index in [1.165, 1.54) is 244 Å². The van der Waals surface area contributed by atoms with E-state index < -0.39 is 24.3 Å². The first-order valence-corrected chi connectivity index (χ1v) is 30.8. The second-order valence-electron chi connectivity index (χ2n) is 22.4. The lowest BCUT2D eigenvalue weighted by molar-refractivity contribution is -0.870. The average molecular weight is 1010 g/mol. The molecule has 0 bridgehead atoms. The number of carbonyl (C=O) groups excluding carboxylic acids is 3. The van der Waals surface area contributed by atoms with Gasteiger partial charge in [-0.15, -0.1) is 0 Å². The number of hydrogen-bond donors (Lipinski definition) is 0. The molecule has 9 nitrogen and oxygen atoms in total. The van der Waals surface area contributed by atoms with Crippen LogP contribution in [0.4, 0.5) is 0 Å². The van der Waals surface area contributed by atoms with Gasteiger partial charge in [-0.3, -0.25) is 9.59 Å². The minimum atomic E-state index is -1.61. The van der Waals surface area contributed by atoms with Crippen molar-refractivity contribution in [3.05, 3.63) is 12.2 Å². The summed E-state index contributed by atoms with van der Waals surface area (Å²) < 4.78 is 22.6. The molecule has 0 N–H and O–H groups in total. The van der Waals surface area contributed by atoms with Gasteiger partial charge in [0, 0.05) is 12.8 Å². The first kappa shape index (κ1) is 69.0. The molecule has 0 saturated heterocycles. The molecule has 0 rings (SSSR count). The van der Waals surface area contributed by atoms with Gasteiger partial charge in [0.2, 0.25) is 0 Å². The van der Waals surface area contributed by atoms with Crippen LogP contribution in [-0.4, -0.2) is 82.3 Å². The number of quaternary nitrogens is 1. The van der Waals surface area contributed by atoms with Gasteiger partial charge in [-0.2, -0.15) is 0 Å². The molecule has 0 saturated carbocycles. The van der Waals surface area contributed by atoms with Crippen LogP contribution in [0.15, 0.2) is 12.2 Å². The van der Waals surface area contributed by atoms with E-state index in [4.69, 9.17) is 18.9 Å². The number of carbonyl (C=O) groups is 3. The lowest BCUT2D eigenvalue weighted by Gasteiger charge is -2.26. The number of likely N-dealkylation sites (N-methyl/N-ethyl adjacent to an activating group) is 1. The average Bonchev–Trinajstić information content (AvgIpc) is 3.34. The fourth-order valence-corrected chi connectivity index (χ4v) is 9.24. The number of unbranched alkanes of at least 4 members (excludes halogenated alkanes) is 41. The third kappa shape index (κ3) is 55.6. The van der Waals surface area contributed by atoms with Crippen molar-refractivity contribution in [3.63, 3.8) is 0 Å². The molecule has 71 heavy (non-hydrogen) atoms. The van der Waals surface area contributed by atoms with E-state index in [0.29, 0.717) is 17.4 Å². The number of carboxylic acid groups (broad SMARTS) is 1. The number of carboxylic acids is 1. The molecule has 0 spiro atoms. The lowest BCUT2D eigenvalue weighted by Crippen LogP contribution is -2.44. The van der Waals surface area contributed by atoms with Crippen molar-refractivity contribution in [1.29, 1.82) is 0 Å². The fourth-order valence-electron chi connectivity index (χ4n) is 9.24. The van der Waals surface area contributed by atoms with Gasteiger partial charge in [-0.05, 0) is 38.5 Å². The molecule has 0 heterocycles. The molecule has 0 aromatic rings. The molecule has 2 unspecified atom stereocenters. The van der Waals surface area contributed by atoms with Crippen molar-refractivity contribution < 1.29 is 42.9 Å². The molecule has 9 heteroatoms. The summed E-state index contributed by atoms with van der Waals surface area (Å²) in [4.78, 5) is 37.1.